The van der Waals surface area contributed by atoms with Gasteiger partial charge in [-0.1, -0.05) is 348 Å². The molecule has 0 rings (SSSR count). The van der Waals surface area contributed by atoms with Crippen molar-refractivity contribution in [2.75, 3.05) is 39.6 Å². The average Bonchev–Trinajstić information content (AvgIpc) is 0.926. The minimum Gasteiger partial charge on any atom is -0.462 e. The fraction of sp³-hybridized carbons (Fsp3) is 0.901. The molecule has 19 heteroatoms. The molecular formula is C81H154O17P2. The molecule has 0 aromatic heterocycles. The highest BCUT2D eigenvalue weighted by molar-refractivity contribution is 7.47. The molecule has 0 heterocycles. The number of rotatable bonds is 78. The summed E-state index contributed by atoms with van der Waals surface area (Å²) >= 11 is 0. The van der Waals surface area contributed by atoms with Gasteiger partial charge in [0.2, 0.25) is 0 Å². The summed E-state index contributed by atoms with van der Waals surface area (Å²) < 4.78 is 68.7. The molecule has 0 aliphatic rings. The van der Waals surface area contributed by atoms with E-state index < -0.39 is 97.5 Å². The number of allylic oxidation sites excluding steroid dienone is 4. The lowest BCUT2D eigenvalue weighted by Gasteiger charge is -2.21. The normalized spacial score (nSPS) is 14.3. The molecule has 0 aliphatic heterocycles. The molecule has 0 aromatic rings. The van der Waals surface area contributed by atoms with Crippen LogP contribution in [0.3, 0.4) is 0 Å². The maximum absolute atomic E-state index is 13.1. The number of phosphoric ester groups is 2. The highest BCUT2D eigenvalue weighted by Crippen LogP contribution is 2.45. The number of aliphatic hydroxyl groups is 1. The highest BCUT2D eigenvalue weighted by Gasteiger charge is 2.30. The molecule has 3 N–H and O–H groups in total. The van der Waals surface area contributed by atoms with Gasteiger partial charge < -0.3 is 33.8 Å². The fourth-order valence-corrected chi connectivity index (χ4v) is 13.5. The first-order valence-electron chi connectivity index (χ1n) is 41.3. The van der Waals surface area contributed by atoms with Crippen molar-refractivity contribution in [1.82, 2.24) is 0 Å². The Hall–Kier alpha value is -2.46. The van der Waals surface area contributed by atoms with Gasteiger partial charge in [-0.3, -0.25) is 37.3 Å². The Morgan fingerprint density at radius 2 is 0.590 bits per heavy atom. The topological polar surface area (TPSA) is 237 Å². The minimum absolute atomic E-state index is 0.0847. The molecule has 590 valence electrons. The number of carbonyl (C=O) groups excluding carboxylic acids is 4. The van der Waals surface area contributed by atoms with Gasteiger partial charge in [0.1, 0.15) is 19.3 Å². The first kappa shape index (κ1) is 97.5. The van der Waals surface area contributed by atoms with Crippen LogP contribution in [0.2, 0.25) is 0 Å². The zero-order chi connectivity index (χ0) is 73.5. The van der Waals surface area contributed by atoms with Crippen LogP contribution in [-0.2, 0) is 65.4 Å². The average molecular weight is 1460 g/mol. The summed E-state index contributed by atoms with van der Waals surface area (Å²) in [6.07, 6.45) is 64.5. The predicted molar refractivity (Wildman–Crippen MR) is 409 cm³/mol. The van der Waals surface area contributed by atoms with Gasteiger partial charge in [-0.25, -0.2) is 9.13 Å². The molecule has 0 bridgehead atoms. The van der Waals surface area contributed by atoms with E-state index in [1.54, 1.807) is 0 Å². The van der Waals surface area contributed by atoms with Crippen LogP contribution < -0.4 is 0 Å². The Balaban J connectivity index is 5.30. The molecule has 0 amide bonds. The molecule has 0 saturated heterocycles. The van der Waals surface area contributed by atoms with Crippen LogP contribution in [0.5, 0.6) is 0 Å². The summed E-state index contributed by atoms with van der Waals surface area (Å²) in [5.41, 5.74) is 0. The smallest absolute Gasteiger partial charge is 0.462 e. The first-order valence-corrected chi connectivity index (χ1v) is 44.3. The number of hydrogen-bond donors (Lipinski definition) is 3. The van der Waals surface area contributed by atoms with Crippen molar-refractivity contribution in [3.63, 3.8) is 0 Å². The molecule has 100 heavy (non-hydrogen) atoms. The van der Waals surface area contributed by atoms with E-state index in [2.05, 4.69) is 65.8 Å². The van der Waals surface area contributed by atoms with E-state index in [-0.39, 0.29) is 25.7 Å². The SMILES string of the molecule is CCCCCC/C=C\C=C/CCCCCCCC(=O)O[C@H](COC(=O)CCCCCCCCCCC(C)CC)COP(=O)(O)OC[C@H](O)COP(=O)(O)OC[C@@H](COC(=O)CCCCCCCCCCCCCCCCCC)OC(=O)CCCCCCCCCCCCCCCCC(C)C. The Bertz CT molecular complexity index is 2020. The lowest BCUT2D eigenvalue weighted by atomic mass is 9.99. The second kappa shape index (κ2) is 72.1. The van der Waals surface area contributed by atoms with Crippen LogP contribution in [0.15, 0.2) is 24.3 Å². The van der Waals surface area contributed by atoms with Crippen LogP contribution >= 0.6 is 15.6 Å². The van der Waals surface area contributed by atoms with Crippen molar-refractivity contribution >= 4 is 39.5 Å². The number of esters is 4. The molecule has 0 aromatic carbocycles. The van der Waals surface area contributed by atoms with Crippen molar-refractivity contribution in [2.24, 2.45) is 11.8 Å². The number of aliphatic hydroxyl groups excluding tert-OH is 1. The van der Waals surface area contributed by atoms with Crippen LogP contribution in [0, 0.1) is 11.8 Å². The summed E-state index contributed by atoms with van der Waals surface area (Å²) in [5, 5.41) is 10.6. The maximum Gasteiger partial charge on any atom is 0.472 e. The first-order chi connectivity index (χ1) is 48.4. The Morgan fingerprint density at radius 1 is 0.330 bits per heavy atom. The van der Waals surface area contributed by atoms with Crippen molar-refractivity contribution in [2.45, 2.75) is 419 Å². The third-order valence-corrected chi connectivity index (χ3v) is 20.6. The fourth-order valence-electron chi connectivity index (χ4n) is 12.0. The second-order valence-electron chi connectivity index (χ2n) is 29.2. The zero-order valence-electron chi connectivity index (χ0n) is 65.0. The summed E-state index contributed by atoms with van der Waals surface area (Å²) in [7, 11) is -9.93. The van der Waals surface area contributed by atoms with E-state index in [0.717, 1.165) is 115 Å². The van der Waals surface area contributed by atoms with E-state index in [1.165, 1.54) is 205 Å². The Labute approximate surface area is 612 Å². The van der Waals surface area contributed by atoms with E-state index in [1.807, 2.05) is 0 Å². The summed E-state index contributed by atoms with van der Waals surface area (Å²) in [6.45, 7) is 9.59. The van der Waals surface area contributed by atoms with Crippen molar-refractivity contribution in [3.8, 4) is 0 Å². The lowest BCUT2D eigenvalue weighted by molar-refractivity contribution is -0.161. The second-order valence-corrected chi connectivity index (χ2v) is 32.1. The number of ether oxygens (including phenoxy) is 4. The summed E-state index contributed by atoms with van der Waals surface area (Å²) in [5.74, 6) is -0.570. The molecule has 0 aliphatic carbocycles. The Morgan fingerprint density at radius 3 is 0.900 bits per heavy atom. The van der Waals surface area contributed by atoms with Gasteiger partial charge in [0, 0.05) is 25.7 Å². The summed E-state index contributed by atoms with van der Waals surface area (Å²) in [6, 6.07) is 0. The van der Waals surface area contributed by atoms with Crippen molar-refractivity contribution in [3.05, 3.63) is 24.3 Å². The van der Waals surface area contributed by atoms with Gasteiger partial charge >= 0.3 is 39.5 Å². The van der Waals surface area contributed by atoms with Crippen molar-refractivity contribution < 1.29 is 80.2 Å². The van der Waals surface area contributed by atoms with E-state index in [0.29, 0.717) is 25.7 Å². The molecule has 0 saturated carbocycles. The molecule has 6 atom stereocenters. The van der Waals surface area contributed by atoms with Gasteiger partial charge in [0.15, 0.2) is 12.2 Å². The highest BCUT2D eigenvalue weighted by atomic mass is 31.2. The molecule has 0 radical (unpaired) electrons. The standard InChI is InChI=1S/C81H154O17P2/c1-7-10-12-14-16-18-20-22-24-26-30-34-38-45-51-57-63-78(83)91-69-76(97-80(85)66-60-54-48-40-36-32-28-27-29-33-37-43-49-55-61-73(4)5)71-95-99(87,88)93-67-75(82)68-94-100(89,90)96-72-77(70-92-79(84)64-58-52-46-42-41-44-50-56-62-74(6)9-3)98-81(86)65-59-53-47-39-35-31-25-23-21-19-17-15-13-11-8-2/h19,21,23,25,73-77,82H,7-18,20,22,24,26-72H2,1-6H3,(H,87,88)(H,89,90)/b21-19-,25-23-/t74?,75-,76-,77-/m1/s1. The maximum atomic E-state index is 13.1. The van der Waals surface area contributed by atoms with Crippen LogP contribution in [0.1, 0.15) is 401 Å². The van der Waals surface area contributed by atoms with Crippen LogP contribution in [0.4, 0.5) is 0 Å². The van der Waals surface area contributed by atoms with E-state index >= 15 is 0 Å². The molecule has 0 fully saturated rings. The molecule has 3 unspecified atom stereocenters. The molecule has 0 spiro atoms. The number of unbranched alkanes of at least 4 members (excludes halogenated alkanes) is 44. The van der Waals surface area contributed by atoms with E-state index in [4.69, 9.17) is 37.0 Å². The molecule has 17 nitrogen and oxygen atoms in total. The zero-order valence-corrected chi connectivity index (χ0v) is 66.8. The monoisotopic (exact) mass is 1460 g/mol. The molecular weight excluding hydrogens is 1310 g/mol. The number of hydrogen-bond acceptors (Lipinski definition) is 15. The third-order valence-electron chi connectivity index (χ3n) is 18.7. The van der Waals surface area contributed by atoms with Gasteiger partial charge in [0.05, 0.1) is 26.4 Å². The number of phosphoric acid groups is 2. The van der Waals surface area contributed by atoms with Crippen LogP contribution in [-0.4, -0.2) is 96.7 Å². The quantitative estimate of drug-likeness (QED) is 0.0169. The van der Waals surface area contributed by atoms with Gasteiger partial charge in [0.25, 0.3) is 0 Å². The van der Waals surface area contributed by atoms with Gasteiger partial charge in [-0.15, -0.1) is 0 Å². The van der Waals surface area contributed by atoms with Gasteiger partial charge in [-0.2, -0.15) is 0 Å². The van der Waals surface area contributed by atoms with Crippen molar-refractivity contribution in [1.29, 1.82) is 0 Å². The number of carbonyl (C=O) groups is 4. The lowest BCUT2D eigenvalue weighted by Crippen LogP contribution is -2.30. The largest absolute Gasteiger partial charge is 0.472 e. The van der Waals surface area contributed by atoms with E-state index in [9.17, 15) is 43.2 Å². The minimum atomic E-state index is -4.97. The predicted octanol–water partition coefficient (Wildman–Crippen LogP) is 23.8. The Kier molecular flexibility index (Phi) is 70.3. The third kappa shape index (κ3) is 72.5. The van der Waals surface area contributed by atoms with Gasteiger partial charge in [-0.05, 0) is 63.2 Å². The van der Waals surface area contributed by atoms with Crippen LogP contribution in [0.25, 0.3) is 0 Å². The summed E-state index contributed by atoms with van der Waals surface area (Å²) in [4.78, 5) is 73.0.